The summed E-state index contributed by atoms with van der Waals surface area (Å²) >= 11 is 6.05. The van der Waals surface area contributed by atoms with Crippen molar-refractivity contribution < 1.29 is 4.52 Å². The number of nitrogens with zero attached hydrogens (tertiary/aromatic N) is 8. The summed E-state index contributed by atoms with van der Waals surface area (Å²) < 4.78 is 7.01. The Hall–Kier alpha value is -3.20. The van der Waals surface area contributed by atoms with Gasteiger partial charge in [-0.25, -0.2) is 0 Å². The molecule has 0 unspecified atom stereocenters. The first-order valence-electron chi connectivity index (χ1n) is 7.99. The van der Waals surface area contributed by atoms with E-state index in [0.717, 1.165) is 28.7 Å². The zero-order valence-corrected chi connectivity index (χ0v) is 14.3. The fourth-order valence-corrected chi connectivity index (χ4v) is 3.17. The van der Waals surface area contributed by atoms with Gasteiger partial charge in [0.15, 0.2) is 5.82 Å². The number of anilines is 1. The molecule has 0 saturated heterocycles. The van der Waals surface area contributed by atoms with Gasteiger partial charge in [-0.2, -0.15) is 15.0 Å². The minimum Gasteiger partial charge on any atom is -0.364 e. The number of aromatic nitrogens is 7. The third kappa shape index (κ3) is 2.53. The molecule has 4 heterocycles. The number of fused-ring (bicyclic) bond motifs is 1. The maximum absolute atomic E-state index is 6.05. The first-order chi connectivity index (χ1) is 12.8. The lowest BCUT2D eigenvalue weighted by atomic mass is 10.3. The molecule has 0 fully saturated rings. The second-order valence-corrected chi connectivity index (χ2v) is 6.37. The van der Waals surface area contributed by atoms with E-state index >= 15 is 0 Å². The summed E-state index contributed by atoms with van der Waals surface area (Å²) in [5.74, 6) is 1.45. The Morgan fingerprint density at radius 3 is 2.62 bits per heavy atom. The number of hydrogen-bond donors (Lipinski definition) is 0. The second kappa shape index (κ2) is 5.95. The summed E-state index contributed by atoms with van der Waals surface area (Å²) in [7, 11) is 0. The fraction of sp³-hybridized carbons (Fsp3) is 0.188. The molecule has 4 aromatic rings. The van der Waals surface area contributed by atoms with Crippen molar-refractivity contribution in [3.05, 3.63) is 65.0 Å². The van der Waals surface area contributed by atoms with Crippen molar-refractivity contribution in [1.82, 2.24) is 34.9 Å². The molecular weight excluding hydrogens is 356 g/mol. The fourth-order valence-electron chi connectivity index (χ4n) is 3.04. The predicted molar refractivity (Wildman–Crippen MR) is 91.9 cm³/mol. The zero-order chi connectivity index (χ0) is 17.5. The molecule has 0 saturated carbocycles. The summed E-state index contributed by atoms with van der Waals surface area (Å²) in [4.78, 5) is 3.67. The lowest BCUT2D eigenvalue weighted by molar-refractivity contribution is 0.408. The molecule has 0 aliphatic carbocycles. The largest absolute Gasteiger partial charge is 0.364 e. The predicted octanol–water partition coefficient (Wildman–Crippen LogP) is 2.07. The van der Waals surface area contributed by atoms with Crippen LogP contribution in [0.5, 0.6) is 0 Å². The zero-order valence-electron chi connectivity index (χ0n) is 13.5. The van der Waals surface area contributed by atoms with Crippen LogP contribution in [-0.4, -0.2) is 34.9 Å². The van der Waals surface area contributed by atoms with Crippen molar-refractivity contribution in [3.63, 3.8) is 0 Å². The van der Waals surface area contributed by atoms with Crippen molar-refractivity contribution in [1.29, 1.82) is 0 Å². The highest BCUT2D eigenvalue weighted by molar-refractivity contribution is 6.30. The normalized spacial score (nSPS) is 13.3. The van der Waals surface area contributed by atoms with E-state index in [1.165, 1.54) is 0 Å². The van der Waals surface area contributed by atoms with Gasteiger partial charge in [-0.05, 0) is 24.3 Å². The first-order valence-corrected chi connectivity index (χ1v) is 8.37. The summed E-state index contributed by atoms with van der Waals surface area (Å²) in [5.41, 5.74) is 2.90. The summed E-state index contributed by atoms with van der Waals surface area (Å²) in [6.45, 7) is 1.70. The molecular formula is C16H13ClN8O. The summed E-state index contributed by atoms with van der Waals surface area (Å²) in [5, 5.41) is 21.8. The third-order valence-electron chi connectivity index (χ3n) is 4.26. The topological polar surface area (TPSA) is 90.7 Å². The van der Waals surface area contributed by atoms with Crippen LogP contribution in [0.1, 0.15) is 17.1 Å². The molecule has 9 nitrogen and oxygen atoms in total. The average Bonchev–Trinajstić information content (AvgIpc) is 3.39. The van der Waals surface area contributed by atoms with Gasteiger partial charge in [-0.1, -0.05) is 16.8 Å². The third-order valence-corrected chi connectivity index (χ3v) is 4.51. The van der Waals surface area contributed by atoms with Crippen LogP contribution in [0.4, 0.5) is 5.95 Å². The van der Waals surface area contributed by atoms with Crippen LogP contribution >= 0.6 is 11.6 Å². The van der Waals surface area contributed by atoms with Gasteiger partial charge in [-0.15, -0.1) is 10.2 Å². The smallest absolute Gasteiger partial charge is 0.232 e. The van der Waals surface area contributed by atoms with E-state index in [4.69, 9.17) is 16.1 Å². The van der Waals surface area contributed by atoms with E-state index in [2.05, 4.69) is 30.5 Å². The van der Waals surface area contributed by atoms with Crippen LogP contribution < -0.4 is 4.90 Å². The second-order valence-electron chi connectivity index (χ2n) is 5.93. The SMILES string of the molecule is Clc1ccc(-n2c(Cn3nccn3)nnc2N2Cc3conc3C2)cc1. The van der Waals surface area contributed by atoms with Crippen LogP contribution in [0.15, 0.2) is 47.4 Å². The quantitative estimate of drug-likeness (QED) is 0.544. The van der Waals surface area contributed by atoms with Crippen LogP contribution in [0, 0.1) is 0 Å². The number of rotatable bonds is 4. The van der Waals surface area contributed by atoms with E-state index in [9.17, 15) is 0 Å². The van der Waals surface area contributed by atoms with Gasteiger partial charge in [0, 0.05) is 10.6 Å². The van der Waals surface area contributed by atoms with Gasteiger partial charge in [0.05, 0.1) is 31.2 Å². The maximum atomic E-state index is 6.05. The standard InChI is InChI=1S/C16H13ClN8O/c17-12-1-3-13(4-2-12)25-15(9-24-18-5-6-19-24)20-21-16(25)23-7-11-10-26-22-14(11)8-23/h1-6,10H,7-9H2. The molecule has 1 aromatic carbocycles. The molecule has 1 aliphatic rings. The van der Waals surface area contributed by atoms with Crippen molar-refractivity contribution in [2.45, 2.75) is 19.6 Å². The van der Waals surface area contributed by atoms with E-state index in [-0.39, 0.29) is 0 Å². The number of halogens is 1. The molecule has 0 amide bonds. The van der Waals surface area contributed by atoms with Crippen LogP contribution in [0.3, 0.4) is 0 Å². The van der Waals surface area contributed by atoms with E-state index in [1.54, 1.807) is 23.5 Å². The van der Waals surface area contributed by atoms with Crippen LogP contribution in [0.2, 0.25) is 5.02 Å². The Labute approximate surface area is 152 Å². The molecule has 0 bridgehead atoms. The molecule has 1 aliphatic heterocycles. The molecule has 0 atom stereocenters. The molecule has 0 N–H and O–H groups in total. The molecule has 0 spiro atoms. The monoisotopic (exact) mass is 368 g/mol. The molecule has 5 rings (SSSR count). The minimum atomic E-state index is 0.406. The van der Waals surface area contributed by atoms with Crippen LogP contribution in [0.25, 0.3) is 5.69 Å². The lowest BCUT2D eigenvalue weighted by Crippen LogP contribution is -2.20. The van der Waals surface area contributed by atoms with Gasteiger partial charge >= 0.3 is 0 Å². The minimum absolute atomic E-state index is 0.406. The highest BCUT2D eigenvalue weighted by Gasteiger charge is 2.28. The average molecular weight is 369 g/mol. The van der Waals surface area contributed by atoms with Crippen molar-refractivity contribution in [2.24, 2.45) is 0 Å². The van der Waals surface area contributed by atoms with Gasteiger partial charge in [0.1, 0.15) is 18.5 Å². The molecule has 10 heteroatoms. The van der Waals surface area contributed by atoms with Crippen LogP contribution in [-0.2, 0) is 19.6 Å². The lowest BCUT2D eigenvalue weighted by Gasteiger charge is -2.18. The van der Waals surface area contributed by atoms with Gasteiger partial charge in [0.25, 0.3) is 0 Å². The van der Waals surface area contributed by atoms with Crippen molar-refractivity contribution >= 4 is 17.5 Å². The van der Waals surface area contributed by atoms with Crippen molar-refractivity contribution in [3.8, 4) is 5.69 Å². The Kier molecular flexibility index (Phi) is 3.45. The van der Waals surface area contributed by atoms with Gasteiger partial charge < -0.3 is 9.42 Å². The Balaban J connectivity index is 1.57. The molecule has 3 aromatic heterocycles. The Morgan fingerprint density at radius 1 is 1.04 bits per heavy atom. The molecule has 130 valence electrons. The molecule has 0 radical (unpaired) electrons. The molecule has 26 heavy (non-hydrogen) atoms. The van der Waals surface area contributed by atoms with E-state index < -0.39 is 0 Å². The maximum Gasteiger partial charge on any atom is 0.232 e. The van der Waals surface area contributed by atoms with Gasteiger partial charge in [0.2, 0.25) is 5.95 Å². The Morgan fingerprint density at radius 2 is 1.85 bits per heavy atom. The van der Waals surface area contributed by atoms with E-state index in [0.29, 0.717) is 24.7 Å². The van der Waals surface area contributed by atoms with E-state index in [1.807, 2.05) is 28.8 Å². The highest BCUT2D eigenvalue weighted by Crippen LogP contribution is 2.29. The number of hydrogen-bond acceptors (Lipinski definition) is 7. The van der Waals surface area contributed by atoms with Gasteiger partial charge in [-0.3, -0.25) is 4.57 Å². The summed E-state index contributed by atoms with van der Waals surface area (Å²) in [6.07, 6.45) is 4.94. The number of benzene rings is 1. The Bertz CT molecular complexity index is 1020. The van der Waals surface area contributed by atoms with Crippen molar-refractivity contribution in [2.75, 3.05) is 4.90 Å². The summed E-state index contributed by atoms with van der Waals surface area (Å²) in [6, 6.07) is 7.56. The highest BCUT2D eigenvalue weighted by atomic mass is 35.5. The first kappa shape index (κ1) is 15.1.